The van der Waals surface area contributed by atoms with Gasteiger partial charge < -0.3 is 10.2 Å². The molecule has 1 fully saturated rings. The number of para-hydroxylation sites is 1. The number of carbonyl (C=O) groups excluding carboxylic acids is 2. The van der Waals surface area contributed by atoms with E-state index in [0.29, 0.717) is 43.3 Å². The van der Waals surface area contributed by atoms with Gasteiger partial charge in [0.25, 0.3) is 5.91 Å². The van der Waals surface area contributed by atoms with E-state index >= 15 is 0 Å². The maximum absolute atomic E-state index is 12.7. The van der Waals surface area contributed by atoms with E-state index in [-0.39, 0.29) is 16.8 Å². The molecule has 1 heterocycles. The Bertz CT molecular complexity index is 873. The minimum Gasteiger partial charge on any atom is -0.336 e. The van der Waals surface area contributed by atoms with Crippen molar-refractivity contribution in [2.45, 2.75) is 13.8 Å². The van der Waals surface area contributed by atoms with Crippen LogP contribution < -0.4 is 5.32 Å². The lowest BCUT2D eigenvalue weighted by Gasteiger charge is -2.34. The second kappa shape index (κ2) is 8.95. The fourth-order valence-corrected chi connectivity index (χ4v) is 3.72. The van der Waals surface area contributed by atoms with Crippen LogP contribution in [0.25, 0.3) is 0 Å². The normalized spacial score (nSPS) is 14.8. The van der Waals surface area contributed by atoms with Gasteiger partial charge in [-0.1, -0.05) is 47.5 Å². The molecule has 0 aromatic heterocycles. The van der Waals surface area contributed by atoms with Gasteiger partial charge >= 0.3 is 0 Å². The van der Waals surface area contributed by atoms with Gasteiger partial charge in [-0.15, -0.1) is 0 Å². The van der Waals surface area contributed by atoms with Crippen LogP contribution in [0.3, 0.4) is 0 Å². The number of carbonyl (C=O) groups is 2. The first-order valence-electron chi connectivity index (χ1n) is 9.18. The van der Waals surface area contributed by atoms with Gasteiger partial charge in [0.15, 0.2) is 0 Å². The Morgan fingerprint density at radius 1 is 0.964 bits per heavy atom. The molecule has 0 spiro atoms. The average molecular weight is 420 g/mol. The third-order valence-electron chi connectivity index (χ3n) is 4.95. The van der Waals surface area contributed by atoms with Gasteiger partial charge in [-0.25, -0.2) is 0 Å². The van der Waals surface area contributed by atoms with Crippen LogP contribution in [0.5, 0.6) is 0 Å². The van der Waals surface area contributed by atoms with E-state index in [9.17, 15) is 9.59 Å². The van der Waals surface area contributed by atoms with Crippen molar-refractivity contribution in [2.75, 3.05) is 38.0 Å². The molecule has 148 valence electrons. The van der Waals surface area contributed by atoms with Crippen LogP contribution in [0.15, 0.2) is 36.4 Å². The molecule has 0 bridgehead atoms. The summed E-state index contributed by atoms with van der Waals surface area (Å²) in [6, 6.07) is 11.0. The average Bonchev–Trinajstić information content (AvgIpc) is 2.67. The van der Waals surface area contributed by atoms with Crippen LogP contribution in [-0.2, 0) is 4.79 Å². The molecule has 28 heavy (non-hydrogen) atoms. The Morgan fingerprint density at radius 2 is 1.57 bits per heavy atom. The number of anilines is 1. The zero-order chi connectivity index (χ0) is 20.3. The van der Waals surface area contributed by atoms with Crippen molar-refractivity contribution >= 4 is 40.7 Å². The molecule has 1 N–H and O–H groups in total. The van der Waals surface area contributed by atoms with Crippen molar-refractivity contribution in [3.8, 4) is 0 Å². The minimum atomic E-state index is -0.132. The van der Waals surface area contributed by atoms with Gasteiger partial charge in [-0.2, -0.15) is 0 Å². The molecule has 0 radical (unpaired) electrons. The zero-order valence-corrected chi connectivity index (χ0v) is 17.5. The molecular weight excluding hydrogens is 397 g/mol. The van der Waals surface area contributed by atoms with E-state index in [4.69, 9.17) is 23.2 Å². The molecule has 5 nitrogen and oxygen atoms in total. The van der Waals surface area contributed by atoms with Crippen LogP contribution in [0, 0.1) is 13.8 Å². The van der Waals surface area contributed by atoms with E-state index in [1.54, 1.807) is 23.1 Å². The van der Waals surface area contributed by atoms with Crippen molar-refractivity contribution in [3.63, 3.8) is 0 Å². The maximum Gasteiger partial charge on any atom is 0.255 e. The summed E-state index contributed by atoms with van der Waals surface area (Å²) in [5, 5.41) is 3.66. The highest BCUT2D eigenvalue weighted by atomic mass is 35.5. The van der Waals surface area contributed by atoms with E-state index in [2.05, 4.69) is 5.32 Å². The standard InChI is InChI=1S/C21H23Cl2N3O2/c1-14-5-3-6-15(2)20(14)24-18(27)13-25-9-11-26(12-10-25)21(28)16-7-4-8-17(22)19(16)23/h3-8H,9-13H2,1-2H3,(H,24,27). The number of hydrogen-bond acceptors (Lipinski definition) is 3. The summed E-state index contributed by atoms with van der Waals surface area (Å²) >= 11 is 12.2. The largest absolute Gasteiger partial charge is 0.336 e. The Morgan fingerprint density at radius 3 is 2.21 bits per heavy atom. The fourth-order valence-electron chi connectivity index (χ4n) is 3.34. The van der Waals surface area contributed by atoms with Crippen molar-refractivity contribution in [3.05, 3.63) is 63.1 Å². The van der Waals surface area contributed by atoms with Crippen LogP contribution >= 0.6 is 23.2 Å². The number of halogens is 2. The molecule has 0 atom stereocenters. The number of benzene rings is 2. The highest BCUT2D eigenvalue weighted by Gasteiger charge is 2.25. The smallest absolute Gasteiger partial charge is 0.255 e. The first kappa shape index (κ1) is 20.6. The topological polar surface area (TPSA) is 52.7 Å². The van der Waals surface area contributed by atoms with Gasteiger partial charge in [0.05, 0.1) is 22.2 Å². The van der Waals surface area contributed by atoms with Gasteiger partial charge in [0, 0.05) is 31.9 Å². The summed E-state index contributed by atoms with van der Waals surface area (Å²) in [5.41, 5.74) is 3.37. The van der Waals surface area contributed by atoms with E-state index < -0.39 is 0 Å². The Kier molecular flexibility index (Phi) is 6.60. The van der Waals surface area contributed by atoms with Crippen LogP contribution in [0.4, 0.5) is 5.69 Å². The third-order valence-corrected chi connectivity index (χ3v) is 5.77. The second-order valence-corrected chi connectivity index (χ2v) is 7.77. The number of rotatable bonds is 4. The van der Waals surface area contributed by atoms with Crippen LogP contribution in [-0.4, -0.2) is 54.3 Å². The molecule has 2 amide bonds. The van der Waals surface area contributed by atoms with Crippen molar-refractivity contribution in [1.82, 2.24) is 9.80 Å². The molecule has 0 saturated carbocycles. The highest BCUT2D eigenvalue weighted by Crippen LogP contribution is 2.27. The lowest BCUT2D eigenvalue weighted by molar-refractivity contribution is -0.117. The molecule has 7 heteroatoms. The SMILES string of the molecule is Cc1cccc(C)c1NC(=O)CN1CCN(C(=O)c2cccc(Cl)c2Cl)CC1. The lowest BCUT2D eigenvalue weighted by Crippen LogP contribution is -2.50. The number of piperazine rings is 1. The van der Waals surface area contributed by atoms with E-state index in [0.717, 1.165) is 16.8 Å². The molecular formula is C21H23Cl2N3O2. The highest BCUT2D eigenvalue weighted by molar-refractivity contribution is 6.43. The molecule has 0 aliphatic carbocycles. The Balaban J connectivity index is 1.55. The van der Waals surface area contributed by atoms with Gasteiger partial charge in [0.2, 0.25) is 5.91 Å². The molecule has 0 unspecified atom stereocenters. The Labute approximate surface area is 175 Å². The molecule has 1 saturated heterocycles. The summed E-state index contributed by atoms with van der Waals surface area (Å²) in [6.45, 7) is 6.60. The van der Waals surface area contributed by atoms with E-state index in [1.807, 2.05) is 36.9 Å². The van der Waals surface area contributed by atoms with Crippen molar-refractivity contribution in [1.29, 1.82) is 0 Å². The molecule has 3 rings (SSSR count). The summed E-state index contributed by atoms with van der Waals surface area (Å²) < 4.78 is 0. The van der Waals surface area contributed by atoms with Gasteiger partial charge in [-0.3, -0.25) is 14.5 Å². The zero-order valence-electron chi connectivity index (χ0n) is 16.0. The Hall–Kier alpha value is -2.08. The number of hydrogen-bond donors (Lipinski definition) is 1. The molecule has 1 aliphatic rings. The summed E-state index contributed by atoms with van der Waals surface area (Å²) in [6.07, 6.45) is 0. The monoisotopic (exact) mass is 419 g/mol. The van der Waals surface area contributed by atoms with Crippen molar-refractivity contribution in [2.24, 2.45) is 0 Å². The predicted molar refractivity (Wildman–Crippen MR) is 113 cm³/mol. The number of nitrogens with zero attached hydrogens (tertiary/aromatic N) is 2. The first-order valence-corrected chi connectivity index (χ1v) is 9.94. The summed E-state index contributed by atoms with van der Waals surface area (Å²) in [4.78, 5) is 28.9. The second-order valence-electron chi connectivity index (χ2n) is 6.98. The number of amides is 2. The molecule has 2 aromatic carbocycles. The number of aryl methyl sites for hydroxylation is 2. The van der Waals surface area contributed by atoms with E-state index in [1.165, 1.54) is 0 Å². The predicted octanol–water partition coefficient (Wildman–Crippen LogP) is 4.01. The maximum atomic E-state index is 12.7. The lowest BCUT2D eigenvalue weighted by atomic mass is 10.1. The van der Waals surface area contributed by atoms with Gasteiger partial charge in [0.1, 0.15) is 0 Å². The first-order chi connectivity index (χ1) is 13.4. The fraction of sp³-hybridized carbons (Fsp3) is 0.333. The van der Waals surface area contributed by atoms with Crippen LogP contribution in [0.1, 0.15) is 21.5 Å². The molecule has 1 aliphatic heterocycles. The minimum absolute atomic E-state index is 0.0462. The molecule has 2 aromatic rings. The number of nitrogens with one attached hydrogen (secondary N) is 1. The quantitative estimate of drug-likeness (QED) is 0.814. The summed E-state index contributed by atoms with van der Waals surface area (Å²) in [5.74, 6) is -0.179. The van der Waals surface area contributed by atoms with Crippen LogP contribution in [0.2, 0.25) is 10.0 Å². The summed E-state index contributed by atoms with van der Waals surface area (Å²) in [7, 11) is 0. The van der Waals surface area contributed by atoms with Crippen molar-refractivity contribution < 1.29 is 9.59 Å². The van der Waals surface area contributed by atoms with Gasteiger partial charge in [-0.05, 0) is 37.1 Å². The third kappa shape index (κ3) is 4.66.